The molecule has 2 aromatic rings. The number of rotatable bonds is 6. The van der Waals surface area contributed by atoms with Crippen LogP contribution in [0.3, 0.4) is 0 Å². The van der Waals surface area contributed by atoms with Gasteiger partial charge in [-0.15, -0.1) is 0 Å². The van der Waals surface area contributed by atoms with Crippen LogP contribution in [0.15, 0.2) is 18.2 Å². The van der Waals surface area contributed by atoms with Crippen LogP contribution >= 0.6 is 11.6 Å². The summed E-state index contributed by atoms with van der Waals surface area (Å²) < 4.78 is 7.33. The van der Waals surface area contributed by atoms with Gasteiger partial charge in [0, 0.05) is 19.8 Å². The van der Waals surface area contributed by atoms with Crippen LogP contribution in [0.25, 0.3) is 11.0 Å². The average molecular weight is 283 g/mol. The maximum Gasteiger partial charge on any atom is 0.138 e. The van der Waals surface area contributed by atoms with Crippen LogP contribution in [0.4, 0.5) is 0 Å². The van der Waals surface area contributed by atoms with Crippen LogP contribution in [0.2, 0.25) is 5.02 Å². The molecule has 0 radical (unpaired) electrons. The van der Waals surface area contributed by atoms with Crippen LogP contribution < -0.4 is 0 Å². The van der Waals surface area contributed by atoms with Gasteiger partial charge in [0.1, 0.15) is 11.9 Å². The van der Waals surface area contributed by atoms with Gasteiger partial charge in [0.05, 0.1) is 16.1 Å². The third kappa shape index (κ3) is 3.08. The highest BCUT2D eigenvalue weighted by atomic mass is 35.5. The number of hydrogen-bond donors (Lipinski definition) is 1. The number of hydrogen-bond acceptors (Lipinski definition) is 3. The summed E-state index contributed by atoms with van der Waals surface area (Å²) in [6.07, 6.45) is 0.250. The molecule has 1 aromatic carbocycles. The van der Waals surface area contributed by atoms with Crippen LogP contribution in [0.5, 0.6) is 0 Å². The summed E-state index contributed by atoms with van der Waals surface area (Å²) >= 11 is 6.25. The number of fused-ring (bicyclic) bond motifs is 1. The van der Waals surface area contributed by atoms with Gasteiger partial charge in [0.25, 0.3) is 0 Å². The maximum atomic E-state index is 9.84. The van der Waals surface area contributed by atoms with E-state index in [0.717, 1.165) is 24.0 Å². The molecule has 5 heteroatoms. The fraction of sp³-hybridized carbons (Fsp3) is 0.500. The van der Waals surface area contributed by atoms with Gasteiger partial charge in [0.2, 0.25) is 0 Å². The lowest BCUT2D eigenvalue weighted by atomic mass is 10.3. The standard InChI is InChI=1S/C14H19ClN2O2/c1-3-19-9-5-8-17-13-11(15)6-4-7-12(13)16-14(17)10(2)18/h4,6-7,10,18H,3,5,8-9H2,1-2H3. The first-order chi connectivity index (χ1) is 9.15. The molecule has 0 aliphatic rings. The molecule has 1 atom stereocenters. The molecule has 0 saturated heterocycles. The monoisotopic (exact) mass is 282 g/mol. The molecule has 1 N–H and O–H groups in total. The summed E-state index contributed by atoms with van der Waals surface area (Å²) in [6, 6.07) is 5.62. The van der Waals surface area contributed by atoms with Gasteiger partial charge in [-0.25, -0.2) is 4.98 Å². The molecular formula is C14H19ClN2O2. The first-order valence-corrected chi connectivity index (χ1v) is 6.93. The highest BCUT2D eigenvalue weighted by Crippen LogP contribution is 2.27. The largest absolute Gasteiger partial charge is 0.385 e. The molecule has 0 saturated carbocycles. The number of aryl methyl sites for hydroxylation is 1. The Balaban J connectivity index is 2.34. The lowest BCUT2D eigenvalue weighted by Gasteiger charge is -2.11. The Bertz CT molecular complexity index is 552. The SMILES string of the molecule is CCOCCCn1c(C(C)O)nc2cccc(Cl)c21. The predicted molar refractivity (Wildman–Crippen MR) is 76.5 cm³/mol. The molecule has 1 aromatic heterocycles. The second-order valence-electron chi connectivity index (χ2n) is 4.46. The Morgan fingerprint density at radius 2 is 2.26 bits per heavy atom. The lowest BCUT2D eigenvalue weighted by Crippen LogP contribution is -2.09. The average Bonchev–Trinajstić information content (AvgIpc) is 2.75. The summed E-state index contributed by atoms with van der Waals surface area (Å²) in [5, 5.41) is 10.5. The van der Waals surface area contributed by atoms with Crippen molar-refractivity contribution < 1.29 is 9.84 Å². The number of ether oxygens (including phenoxy) is 1. The van der Waals surface area contributed by atoms with E-state index in [1.807, 2.05) is 29.7 Å². The minimum Gasteiger partial charge on any atom is -0.385 e. The summed E-state index contributed by atoms with van der Waals surface area (Å²) in [6.45, 7) is 5.84. The van der Waals surface area contributed by atoms with Crippen molar-refractivity contribution in [3.05, 3.63) is 29.0 Å². The van der Waals surface area contributed by atoms with Crippen LogP contribution in [0, 0.1) is 0 Å². The Hall–Kier alpha value is -1.10. The van der Waals surface area contributed by atoms with Crippen LogP contribution in [-0.2, 0) is 11.3 Å². The van der Waals surface area contributed by atoms with Crippen molar-refractivity contribution in [3.8, 4) is 0 Å². The molecule has 104 valence electrons. The molecule has 0 spiro atoms. The van der Waals surface area contributed by atoms with E-state index >= 15 is 0 Å². The van der Waals surface area contributed by atoms with E-state index in [2.05, 4.69) is 4.98 Å². The number of halogens is 1. The van der Waals surface area contributed by atoms with Crippen molar-refractivity contribution in [2.75, 3.05) is 13.2 Å². The minimum atomic E-state index is -0.615. The zero-order valence-electron chi connectivity index (χ0n) is 11.3. The normalized spacial score (nSPS) is 13.1. The van der Waals surface area contributed by atoms with Gasteiger partial charge in [0.15, 0.2) is 0 Å². The number of imidazole rings is 1. The van der Waals surface area contributed by atoms with Gasteiger partial charge in [-0.1, -0.05) is 17.7 Å². The number of para-hydroxylation sites is 1. The molecule has 1 heterocycles. The fourth-order valence-electron chi connectivity index (χ4n) is 2.17. The summed E-state index contributed by atoms with van der Waals surface area (Å²) in [7, 11) is 0. The summed E-state index contributed by atoms with van der Waals surface area (Å²) in [5.74, 6) is 0.652. The molecule has 2 rings (SSSR count). The second kappa shape index (κ2) is 6.37. The van der Waals surface area contributed by atoms with Crippen molar-refractivity contribution >= 4 is 22.6 Å². The summed E-state index contributed by atoms with van der Waals surface area (Å²) in [4.78, 5) is 4.46. The molecule has 0 fully saturated rings. The Labute approximate surface area is 118 Å². The fourth-order valence-corrected chi connectivity index (χ4v) is 2.45. The van der Waals surface area contributed by atoms with E-state index in [4.69, 9.17) is 16.3 Å². The minimum absolute atomic E-state index is 0.615. The molecular weight excluding hydrogens is 264 g/mol. The molecule has 0 amide bonds. The highest BCUT2D eigenvalue weighted by molar-refractivity contribution is 6.35. The van der Waals surface area contributed by atoms with Crippen molar-refractivity contribution in [1.82, 2.24) is 9.55 Å². The van der Waals surface area contributed by atoms with Crippen molar-refractivity contribution in [1.29, 1.82) is 0 Å². The molecule has 19 heavy (non-hydrogen) atoms. The first kappa shape index (κ1) is 14.3. The Morgan fingerprint density at radius 3 is 2.95 bits per heavy atom. The molecule has 4 nitrogen and oxygen atoms in total. The van der Waals surface area contributed by atoms with Gasteiger partial charge >= 0.3 is 0 Å². The van der Waals surface area contributed by atoms with E-state index in [0.29, 0.717) is 24.1 Å². The Kier molecular flexibility index (Phi) is 4.80. The number of aliphatic hydroxyl groups excluding tert-OH is 1. The molecule has 0 aliphatic carbocycles. The van der Waals surface area contributed by atoms with Crippen molar-refractivity contribution in [2.24, 2.45) is 0 Å². The van der Waals surface area contributed by atoms with E-state index in [1.54, 1.807) is 6.92 Å². The number of aliphatic hydroxyl groups is 1. The molecule has 0 bridgehead atoms. The van der Waals surface area contributed by atoms with Crippen LogP contribution in [-0.4, -0.2) is 27.9 Å². The maximum absolute atomic E-state index is 9.84. The van der Waals surface area contributed by atoms with Gasteiger partial charge in [-0.05, 0) is 32.4 Å². The third-order valence-electron chi connectivity index (χ3n) is 3.00. The summed E-state index contributed by atoms with van der Waals surface area (Å²) in [5.41, 5.74) is 1.70. The zero-order chi connectivity index (χ0) is 13.8. The van der Waals surface area contributed by atoms with Crippen LogP contribution in [0.1, 0.15) is 32.2 Å². The van der Waals surface area contributed by atoms with E-state index in [-0.39, 0.29) is 0 Å². The third-order valence-corrected chi connectivity index (χ3v) is 3.30. The Morgan fingerprint density at radius 1 is 1.47 bits per heavy atom. The smallest absolute Gasteiger partial charge is 0.138 e. The first-order valence-electron chi connectivity index (χ1n) is 6.55. The quantitative estimate of drug-likeness (QED) is 0.828. The zero-order valence-corrected chi connectivity index (χ0v) is 12.0. The van der Waals surface area contributed by atoms with E-state index < -0.39 is 6.10 Å². The van der Waals surface area contributed by atoms with E-state index in [1.165, 1.54) is 0 Å². The topological polar surface area (TPSA) is 47.3 Å². The van der Waals surface area contributed by atoms with Gasteiger partial charge in [-0.3, -0.25) is 0 Å². The number of benzene rings is 1. The predicted octanol–water partition coefficient (Wildman–Crippen LogP) is 3.17. The van der Waals surface area contributed by atoms with Crippen molar-refractivity contribution in [2.45, 2.75) is 32.9 Å². The lowest BCUT2D eigenvalue weighted by molar-refractivity contribution is 0.139. The highest BCUT2D eigenvalue weighted by Gasteiger charge is 2.16. The second-order valence-corrected chi connectivity index (χ2v) is 4.86. The van der Waals surface area contributed by atoms with Gasteiger partial charge in [-0.2, -0.15) is 0 Å². The van der Waals surface area contributed by atoms with E-state index in [9.17, 15) is 5.11 Å². The van der Waals surface area contributed by atoms with Crippen molar-refractivity contribution in [3.63, 3.8) is 0 Å². The molecule has 0 aliphatic heterocycles. The number of nitrogens with zero attached hydrogens (tertiary/aromatic N) is 2. The molecule has 1 unspecified atom stereocenters. The number of aromatic nitrogens is 2. The van der Waals surface area contributed by atoms with Gasteiger partial charge < -0.3 is 14.4 Å².